The van der Waals surface area contributed by atoms with Crippen LogP contribution in [-0.2, 0) is 0 Å². The largest absolute Gasteiger partial charge is 0.384 e. The summed E-state index contributed by atoms with van der Waals surface area (Å²) < 4.78 is 3.53. The van der Waals surface area contributed by atoms with Crippen LogP contribution in [0.4, 0.5) is 5.13 Å². The Morgan fingerprint density at radius 3 is 3.17 bits per heavy atom. The Morgan fingerprint density at radius 2 is 2.44 bits per heavy atom. The molecule has 0 aliphatic heterocycles. The van der Waals surface area contributed by atoms with Gasteiger partial charge in [-0.25, -0.2) is 4.98 Å². The van der Waals surface area contributed by atoms with Gasteiger partial charge in [-0.05, 0) is 17.3 Å². The van der Waals surface area contributed by atoms with E-state index in [4.69, 9.17) is 5.11 Å². The number of carbonyl (C=O) groups excluding carboxylic acids is 1. The smallest absolute Gasteiger partial charge is 0.277 e. The number of carbonyl (C=O) groups is 1. The fourth-order valence-corrected chi connectivity index (χ4v) is 1.52. The second-order valence-electron chi connectivity index (χ2n) is 2.98. The van der Waals surface area contributed by atoms with E-state index in [0.29, 0.717) is 5.56 Å². The quantitative estimate of drug-likeness (QED) is 0.733. The van der Waals surface area contributed by atoms with Gasteiger partial charge in [-0.3, -0.25) is 10.1 Å². The minimum absolute atomic E-state index is 0.161. The molecule has 0 aliphatic carbocycles. The number of nitrogens with one attached hydrogen (secondary N) is 1. The lowest BCUT2D eigenvalue weighted by molar-refractivity contribution is 0.102. The molecule has 2 N–H and O–H groups in total. The summed E-state index contributed by atoms with van der Waals surface area (Å²) in [6.45, 7) is -0.281. The van der Waals surface area contributed by atoms with Gasteiger partial charge < -0.3 is 5.11 Å². The molecule has 90 valence electrons. The number of aliphatic hydroxyl groups excluding tert-OH is 1. The first kappa shape index (κ1) is 12.1. The van der Waals surface area contributed by atoms with Crippen LogP contribution in [0.1, 0.15) is 16.1 Å². The highest BCUT2D eigenvalue weighted by Gasteiger charge is 2.13. The molecular weight excluding hydrogens is 254 g/mol. The molecule has 8 heteroatoms. The van der Waals surface area contributed by atoms with Crippen LogP contribution in [0.3, 0.4) is 0 Å². The van der Waals surface area contributed by atoms with Crippen LogP contribution in [0.15, 0.2) is 18.3 Å². The van der Waals surface area contributed by atoms with Crippen molar-refractivity contribution in [3.05, 3.63) is 29.6 Å². The molecule has 0 aromatic carbocycles. The molecule has 0 bridgehead atoms. The van der Waals surface area contributed by atoms with Crippen molar-refractivity contribution in [3.63, 3.8) is 0 Å². The van der Waals surface area contributed by atoms with Gasteiger partial charge in [0.25, 0.3) is 5.91 Å². The van der Waals surface area contributed by atoms with Crippen LogP contribution in [0.5, 0.6) is 0 Å². The molecule has 2 rings (SSSR count). The highest BCUT2D eigenvalue weighted by molar-refractivity contribution is 7.09. The fraction of sp³-hybridized carbons (Fsp3) is 0.100. The Hall–Kier alpha value is -2.37. The average molecular weight is 261 g/mol. The van der Waals surface area contributed by atoms with E-state index in [9.17, 15) is 4.79 Å². The molecule has 0 atom stereocenters. The first-order valence-electron chi connectivity index (χ1n) is 4.82. The van der Waals surface area contributed by atoms with E-state index in [2.05, 4.69) is 36.9 Å². The SMILES string of the molecule is O=C(Nc1nnns1)c1ncccc1C#CCO. The number of pyridine rings is 1. The number of hydrogen-bond donors (Lipinski definition) is 2. The number of amides is 1. The molecule has 0 unspecified atom stereocenters. The Morgan fingerprint density at radius 1 is 1.56 bits per heavy atom. The zero-order valence-electron chi connectivity index (χ0n) is 8.99. The first-order chi connectivity index (χ1) is 8.81. The van der Waals surface area contributed by atoms with E-state index >= 15 is 0 Å². The lowest BCUT2D eigenvalue weighted by Crippen LogP contribution is -2.15. The summed E-state index contributed by atoms with van der Waals surface area (Å²) in [5, 5.41) is 18.4. The topological polar surface area (TPSA) is 101 Å². The van der Waals surface area contributed by atoms with Crippen molar-refractivity contribution in [3.8, 4) is 11.8 Å². The van der Waals surface area contributed by atoms with E-state index in [1.807, 2.05) is 0 Å². The Bertz CT molecular complexity index is 602. The molecule has 2 aromatic heterocycles. The summed E-state index contributed by atoms with van der Waals surface area (Å²) in [6.07, 6.45) is 1.48. The molecule has 0 aliphatic rings. The maximum atomic E-state index is 11.9. The summed E-state index contributed by atoms with van der Waals surface area (Å²) in [4.78, 5) is 15.9. The zero-order chi connectivity index (χ0) is 12.8. The maximum Gasteiger partial charge on any atom is 0.277 e. The number of aliphatic hydroxyl groups is 1. The van der Waals surface area contributed by atoms with Gasteiger partial charge in [0, 0.05) is 17.7 Å². The van der Waals surface area contributed by atoms with Gasteiger partial charge in [-0.1, -0.05) is 21.4 Å². The van der Waals surface area contributed by atoms with Gasteiger partial charge in [-0.15, -0.1) is 0 Å². The first-order valence-corrected chi connectivity index (χ1v) is 5.59. The van der Waals surface area contributed by atoms with Crippen LogP contribution >= 0.6 is 11.5 Å². The van der Waals surface area contributed by atoms with Crippen LogP contribution in [0.2, 0.25) is 0 Å². The lowest BCUT2D eigenvalue weighted by Gasteiger charge is -2.01. The molecule has 2 aromatic rings. The van der Waals surface area contributed by atoms with Crippen LogP contribution in [0, 0.1) is 11.8 Å². The monoisotopic (exact) mass is 261 g/mol. The standard InChI is InChI=1S/C10H7N5O2S/c16-6-2-4-7-3-1-5-11-8(7)9(17)12-10-13-14-15-18-10/h1,3,5,16H,6H2,(H,12,13,15,17). The number of rotatable bonds is 2. The number of hydrogen-bond acceptors (Lipinski definition) is 7. The molecule has 18 heavy (non-hydrogen) atoms. The van der Waals surface area contributed by atoms with E-state index in [1.165, 1.54) is 6.20 Å². The van der Waals surface area contributed by atoms with Crippen LogP contribution in [-0.4, -0.2) is 37.4 Å². The Labute approximate surface area is 106 Å². The normalized spacial score (nSPS) is 9.39. The van der Waals surface area contributed by atoms with Gasteiger partial charge in [-0.2, -0.15) is 0 Å². The number of aromatic nitrogens is 4. The minimum Gasteiger partial charge on any atom is -0.384 e. The van der Waals surface area contributed by atoms with Gasteiger partial charge in [0.15, 0.2) is 0 Å². The third kappa shape index (κ3) is 2.85. The summed E-state index contributed by atoms with van der Waals surface area (Å²) in [5.74, 6) is 4.67. The van der Waals surface area contributed by atoms with Crippen molar-refractivity contribution >= 4 is 22.6 Å². The van der Waals surface area contributed by atoms with E-state index in [0.717, 1.165) is 11.5 Å². The summed E-state index contributed by atoms with van der Waals surface area (Å²) in [5.41, 5.74) is 0.593. The Kier molecular flexibility index (Phi) is 3.90. The van der Waals surface area contributed by atoms with Crippen molar-refractivity contribution in [2.75, 3.05) is 11.9 Å². The van der Waals surface area contributed by atoms with E-state index < -0.39 is 5.91 Å². The van der Waals surface area contributed by atoms with Crippen molar-refractivity contribution in [1.29, 1.82) is 0 Å². The van der Waals surface area contributed by atoms with E-state index in [1.54, 1.807) is 12.1 Å². The highest BCUT2D eigenvalue weighted by atomic mass is 32.1. The summed E-state index contributed by atoms with van der Waals surface area (Å²) in [7, 11) is 0. The predicted octanol–water partition coefficient (Wildman–Crippen LogP) is -0.0758. The van der Waals surface area contributed by atoms with Crippen molar-refractivity contribution in [2.24, 2.45) is 0 Å². The van der Waals surface area contributed by atoms with E-state index in [-0.39, 0.29) is 17.4 Å². The number of nitrogens with zero attached hydrogens (tertiary/aromatic N) is 4. The molecule has 2 heterocycles. The minimum atomic E-state index is -0.448. The fourth-order valence-electron chi connectivity index (χ4n) is 1.16. The van der Waals surface area contributed by atoms with Gasteiger partial charge >= 0.3 is 0 Å². The molecule has 0 radical (unpaired) electrons. The third-order valence-electron chi connectivity index (χ3n) is 1.84. The number of anilines is 1. The molecule has 0 fully saturated rings. The molecule has 0 saturated heterocycles. The van der Waals surface area contributed by atoms with Gasteiger partial charge in [0.2, 0.25) is 5.13 Å². The molecule has 1 amide bonds. The molecule has 0 spiro atoms. The van der Waals surface area contributed by atoms with Gasteiger partial charge in [0.05, 0.1) is 5.56 Å². The van der Waals surface area contributed by atoms with Crippen LogP contribution < -0.4 is 5.32 Å². The average Bonchev–Trinajstić information content (AvgIpc) is 2.89. The summed E-state index contributed by atoms with van der Waals surface area (Å²) >= 11 is 0.962. The van der Waals surface area contributed by atoms with Crippen LogP contribution in [0.25, 0.3) is 0 Å². The second kappa shape index (κ2) is 5.81. The predicted molar refractivity (Wildman–Crippen MR) is 63.9 cm³/mol. The third-order valence-corrected chi connectivity index (χ3v) is 2.36. The maximum absolute atomic E-state index is 11.9. The Balaban J connectivity index is 2.24. The summed E-state index contributed by atoms with van der Waals surface area (Å²) in [6, 6.07) is 3.30. The van der Waals surface area contributed by atoms with Crippen molar-refractivity contribution in [2.45, 2.75) is 0 Å². The zero-order valence-corrected chi connectivity index (χ0v) is 9.81. The molecule has 7 nitrogen and oxygen atoms in total. The second-order valence-corrected chi connectivity index (χ2v) is 3.71. The van der Waals surface area contributed by atoms with Crippen molar-refractivity contribution < 1.29 is 9.90 Å². The molecule has 0 saturated carbocycles. The highest BCUT2D eigenvalue weighted by Crippen LogP contribution is 2.09. The van der Waals surface area contributed by atoms with Crippen molar-refractivity contribution in [1.82, 2.24) is 19.8 Å². The van der Waals surface area contributed by atoms with Gasteiger partial charge in [0.1, 0.15) is 12.3 Å². The lowest BCUT2D eigenvalue weighted by atomic mass is 10.2. The molecular formula is C10H7N5O2S.